The molecule has 1 fully saturated rings. The molecule has 0 bridgehead atoms. The third-order valence-electron chi connectivity index (χ3n) is 4.99. The lowest BCUT2D eigenvalue weighted by molar-refractivity contribution is -0.0246. The van der Waals surface area contributed by atoms with Crippen LogP contribution in [0.25, 0.3) is 11.3 Å². The largest absolute Gasteiger partial charge is 0.368 e. The number of carbonyl (C=O) groups is 2. The first-order chi connectivity index (χ1) is 14.5. The summed E-state index contributed by atoms with van der Waals surface area (Å²) in [5.41, 5.74) is 8.35. The Kier molecular flexibility index (Phi) is 5.54. The molecule has 2 N–H and O–H groups in total. The molecule has 0 radical (unpaired) electrons. The van der Waals surface area contributed by atoms with Crippen molar-refractivity contribution in [1.82, 2.24) is 9.88 Å². The summed E-state index contributed by atoms with van der Waals surface area (Å²) in [6.45, 7) is 1.17. The van der Waals surface area contributed by atoms with Crippen molar-refractivity contribution >= 4 is 11.8 Å². The highest BCUT2D eigenvalue weighted by atomic mass is 19.1. The lowest BCUT2D eigenvalue weighted by Gasteiger charge is -2.33. The smallest absolute Gasteiger partial charge is 0.254 e. The van der Waals surface area contributed by atoms with E-state index in [0.29, 0.717) is 42.2 Å². The summed E-state index contributed by atoms with van der Waals surface area (Å²) in [6, 6.07) is 18.0. The molecule has 0 saturated carbocycles. The van der Waals surface area contributed by atoms with Crippen LogP contribution in [-0.4, -0.2) is 41.4 Å². The predicted molar refractivity (Wildman–Crippen MR) is 109 cm³/mol. The molecule has 3 aromatic rings. The van der Waals surface area contributed by atoms with Crippen molar-refractivity contribution in [3.05, 3.63) is 89.4 Å². The molecule has 7 heteroatoms. The molecule has 2 heterocycles. The van der Waals surface area contributed by atoms with Crippen molar-refractivity contribution in [3.8, 4) is 11.3 Å². The fraction of sp³-hybridized carbons (Fsp3) is 0.174. The highest BCUT2D eigenvalue weighted by Gasteiger charge is 2.27. The van der Waals surface area contributed by atoms with Crippen LogP contribution in [0.2, 0.25) is 0 Å². The number of rotatable bonds is 4. The fourth-order valence-corrected chi connectivity index (χ4v) is 3.41. The van der Waals surface area contributed by atoms with E-state index < -0.39 is 5.91 Å². The SMILES string of the molecule is NC(=O)c1cccc(-c2cccc([C@@H]3CN(C(=O)c4ccc(F)cc4)CCO3)n2)c1. The van der Waals surface area contributed by atoms with Gasteiger partial charge in [0, 0.05) is 23.2 Å². The summed E-state index contributed by atoms with van der Waals surface area (Å²) in [4.78, 5) is 30.6. The number of primary amides is 1. The minimum Gasteiger partial charge on any atom is -0.368 e. The molecule has 6 nitrogen and oxygen atoms in total. The van der Waals surface area contributed by atoms with E-state index in [1.807, 2.05) is 24.3 Å². The topological polar surface area (TPSA) is 85.5 Å². The third kappa shape index (κ3) is 4.21. The standard InChI is InChI=1S/C23H20FN3O3/c24-18-9-7-15(8-10-18)23(29)27-11-12-30-21(14-27)20-6-2-5-19(26-20)16-3-1-4-17(13-16)22(25)28/h1-10,13,21H,11-12,14H2,(H2,25,28)/t21-/m0/s1. The molecule has 0 aliphatic carbocycles. The Labute approximate surface area is 173 Å². The first-order valence-corrected chi connectivity index (χ1v) is 9.55. The Morgan fingerprint density at radius 1 is 1.03 bits per heavy atom. The molecular formula is C23H20FN3O3. The van der Waals surface area contributed by atoms with E-state index in [0.717, 1.165) is 5.56 Å². The number of nitrogens with two attached hydrogens (primary N) is 1. The molecular weight excluding hydrogens is 385 g/mol. The number of amides is 2. The van der Waals surface area contributed by atoms with Crippen molar-refractivity contribution < 1.29 is 18.7 Å². The zero-order chi connectivity index (χ0) is 21.1. The summed E-state index contributed by atoms with van der Waals surface area (Å²) in [5.74, 6) is -1.06. The molecule has 1 saturated heterocycles. The summed E-state index contributed by atoms with van der Waals surface area (Å²) in [6.07, 6.45) is -0.387. The number of nitrogens with zero attached hydrogens (tertiary/aromatic N) is 2. The molecule has 4 rings (SSSR count). The normalized spacial score (nSPS) is 16.3. The number of benzene rings is 2. The van der Waals surface area contributed by atoms with Crippen LogP contribution in [0.3, 0.4) is 0 Å². The minimum atomic E-state index is -0.501. The third-order valence-corrected chi connectivity index (χ3v) is 4.99. The Hall–Kier alpha value is -3.58. The highest BCUT2D eigenvalue weighted by molar-refractivity contribution is 5.94. The second-order valence-electron chi connectivity index (χ2n) is 7.01. The average Bonchev–Trinajstić information content (AvgIpc) is 2.79. The van der Waals surface area contributed by atoms with Gasteiger partial charge in [-0.15, -0.1) is 0 Å². The minimum absolute atomic E-state index is 0.173. The van der Waals surface area contributed by atoms with Crippen molar-refractivity contribution in [2.45, 2.75) is 6.10 Å². The molecule has 0 unspecified atom stereocenters. The predicted octanol–water partition coefficient (Wildman–Crippen LogP) is 3.20. The number of morpholine rings is 1. The van der Waals surface area contributed by atoms with E-state index in [4.69, 9.17) is 10.5 Å². The Morgan fingerprint density at radius 3 is 2.57 bits per heavy atom. The monoisotopic (exact) mass is 405 g/mol. The van der Waals surface area contributed by atoms with E-state index >= 15 is 0 Å². The van der Waals surface area contributed by atoms with Crippen LogP contribution >= 0.6 is 0 Å². The first-order valence-electron chi connectivity index (χ1n) is 9.55. The van der Waals surface area contributed by atoms with Crippen molar-refractivity contribution in [2.24, 2.45) is 5.73 Å². The average molecular weight is 405 g/mol. The van der Waals surface area contributed by atoms with Crippen LogP contribution in [-0.2, 0) is 4.74 Å². The number of ether oxygens (including phenoxy) is 1. The van der Waals surface area contributed by atoms with Gasteiger partial charge in [-0.2, -0.15) is 0 Å². The van der Waals surface area contributed by atoms with Crippen molar-refractivity contribution in [1.29, 1.82) is 0 Å². The van der Waals surface area contributed by atoms with Gasteiger partial charge in [-0.3, -0.25) is 9.59 Å². The summed E-state index contributed by atoms with van der Waals surface area (Å²) < 4.78 is 19.0. The van der Waals surface area contributed by atoms with E-state index in [2.05, 4.69) is 4.98 Å². The molecule has 2 aromatic carbocycles. The summed E-state index contributed by atoms with van der Waals surface area (Å²) >= 11 is 0. The van der Waals surface area contributed by atoms with Crippen LogP contribution in [0, 0.1) is 5.82 Å². The van der Waals surface area contributed by atoms with Gasteiger partial charge in [-0.05, 0) is 48.5 Å². The number of halogens is 1. The zero-order valence-electron chi connectivity index (χ0n) is 16.1. The maximum Gasteiger partial charge on any atom is 0.254 e. The van der Waals surface area contributed by atoms with Gasteiger partial charge < -0.3 is 15.4 Å². The van der Waals surface area contributed by atoms with Gasteiger partial charge in [0.15, 0.2) is 0 Å². The Balaban J connectivity index is 1.55. The molecule has 1 aliphatic rings. The van der Waals surface area contributed by atoms with E-state index in [-0.39, 0.29) is 17.8 Å². The Morgan fingerprint density at radius 2 is 1.80 bits per heavy atom. The van der Waals surface area contributed by atoms with E-state index in [1.165, 1.54) is 24.3 Å². The number of pyridine rings is 1. The molecule has 1 aliphatic heterocycles. The van der Waals surface area contributed by atoms with Crippen LogP contribution in [0.1, 0.15) is 32.5 Å². The van der Waals surface area contributed by atoms with Gasteiger partial charge in [0.05, 0.1) is 24.5 Å². The van der Waals surface area contributed by atoms with Crippen LogP contribution in [0.5, 0.6) is 0 Å². The van der Waals surface area contributed by atoms with E-state index in [1.54, 1.807) is 23.1 Å². The lowest BCUT2D eigenvalue weighted by Crippen LogP contribution is -2.42. The van der Waals surface area contributed by atoms with Gasteiger partial charge in [-0.1, -0.05) is 18.2 Å². The maximum atomic E-state index is 13.1. The van der Waals surface area contributed by atoms with Crippen LogP contribution in [0.4, 0.5) is 4.39 Å². The highest BCUT2D eigenvalue weighted by Crippen LogP contribution is 2.25. The second-order valence-corrected chi connectivity index (χ2v) is 7.01. The van der Waals surface area contributed by atoms with Crippen molar-refractivity contribution in [3.63, 3.8) is 0 Å². The lowest BCUT2D eigenvalue weighted by atomic mass is 10.1. The summed E-state index contributed by atoms with van der Waals surface area (Å²) in [7, 11) is 0. The quantitative estimate of drug-likeness (QED) is 0.722. The Bertz CT molecular complexity index is 1090. The van der Waals surface area contributed by atoms with Crippen LogP contribution in [0.15, 0.2) is 66.7 Å². The molecule has 152 valence electrons. The number of hydrogen-bond acceptors (Lipinski definition) is 4. The van der Waals surface area contributed by atoms with Gasteiger partial charge in [0.25, 0.3) is 5.91 Å². The number of carbonyl (C=O) groups excluding carboxylic acids is 2. The molecule has 0 spiro atoms. The summed E-state index contributed by atoms with van der Waals surface area (Å²) in [5, 5.41) is 0. The molecule has 30 heavy (non-hydrogen) atoms. The first kappa shape index (κ1) is 19.7. The molecule has 1 atom stereocenters. The van der Waals surface area contributed by atoms with Crippen molar-refractivity contribution in [2.75, 3.05) is 19.7 Å². The number of hydrogen-bond donors (Lipinski definition) is 1. The van der Waals surface area contributed by atoms with Gasteiger partial charge >= 0.3 is 0 Å². The van der Waals surface area contributed by atoms with Gasteiger partial charge in [0.1, 0.15) is 11.9 Å². The molecule has 1 aromatic heterocycles. The van der Waals surface area contributed by atoms with Gasteiger partial charge in [0.2, 0.25) is 5.91 Å². The van der Waals surface area contributed by atoms with Crippen LogP contribution < -0.4 is 5.73 Å². The second kappa shape index (κ2) is 8.42. The zero-order valence-corrected chi connectivity index (χ0v) is 16.1. The van der Waals surface area contributed by atoms with E-state index in [9.17, 15) is 14.0 Å². The maximum absolute atomic E-state index is 13.1. The fourth-order valence-electron chi connectivity index (χ4n) is 3.41. The molecule has 2 amide bonds. The number of aromatic nitrogens is 1. The van der Waals surface area contributed by atoms with Gasteiger partial charge in [-0.25, -0.2) is 9.37 Å².